The van der Waals surface area contributed by atoms with Gasteiger partial charge in [-0.3, -0.25) is 4.79 Å². The van der Waals surface area contributed by atoms with Gasteiger partial charge in [0.05, 0.1) is 18.0 Å². The van der Waals surface area contributed by atoms with Crippen molar-refractivity contribution in [2.45, 2.75) is 23.5 Å². The predicted octanol–water partition coefficient (Wildman–Crippen LogP) is 4.31. The normalized spacial score (nSPS) is 16.2. The molecule has 0 saturated carbocycles. The van der Waals surface area contributed by atoms with E-state index >= 15 is 0 Å². The molecule has 0 bridgehead atoms. The summed E-state index contributed by atoms with van der Waals surface area (Å²) in [5.41, 5.74) is 3.05. The summed E-state index contributed by atoms with van der Waals surface area (Å²) >= 11 is 7.60. The molecular formula is C17H16ClNO2S. The summed E-state index contributed by atoms with van der Waals surface area (Å²) in [7, 11) is 1.57. The van der Waals surface area contributed by atoms with E-state index in [0.717, 1.165) is 6.42 Å². The lowest BCUT2D eigenvalue weighted by molar-refractivity contribution is -0.115. The Balaban J connectivity index is 1.75. The lowest BCUT2D eigenvalue weighted by Crippen LogP contribution is -2.24. The summed E-state index contributed by atoms with van der Waals surface area (Å²) in [6.45, 7) is 2.06. The van der Waals surface area contributed by atoms with Crippen molar-refractivity contribution in [3.8, 4) is 5.75 Å². The molecular weight excluding hydrogens is 318 g/mol. The third-order valence-electron chi connectivity index (χ3n) is 3.61. The van der Waals surface area contributed by atoms with Crippen molar-refractivity contribution in [1.82, 2.24) is 0 Å². The first-order valence-corrected chi connectivity index (χ1v) is 8.23. The lowest BCUT2D eigenvalue weighted by atomic mass is 10.1. The van der Waals surface area contributed by atoms with E-state index < -0.39 is 0 Å². The monoisotopic (exact) mass is 333 g/mol. The molecule has 1 N–H and O–H groups in total. The molecule has 2 aromatic carbocycles. The van der Waals surface area contributed by atoms with Gasteiger partial charge in [-0.1, -0.05) is 29.3 Å². The number of methoxy groups -OCH3 is 1. The van der Waals surface area contributed by atoms with Crippen LogP contribution in [0.4, 0.5) is 5.69 Å². The molecule has 0 saturated heterocycles. The summed E-state index contributed by atoms with van der Waals surface area (Å²) in [5.74, 6) is 0.577. The van der Waals surface area contributed by atoms with Gasteiger partial charge in [0.1, 0.15) is 5.75 Å². The van der Waals surface area contributed by atoms with E-state index in [9.17, 15) is 4.79 Å². The van der Waals surface area contributed by atoms with Crippen LogP contribution in [-0.2, 0) is 11.2 Å². The molecule has 5 heteroatoms. The number of nitrogens with one attached hydrogen (secondary N) is 1. The number of halogens is 1. The average molecular weight is 334 g/mol. The van der Waals surface area contributed by atoms with E-state index in [4.69, 9.17) is 16.3 Å². The molecule has 3 rings (SSSR count). The van der Waals surface area contributed by atoms with Gasteiger partial charge in [0, 0.05) is 9.92 Å². The SMILES string of the molecule is COc1ccc(Cl)cc1NC(=O)[C@H]1Cc2ccc(C)cc2S1. The number of aryl methyl sites for hydroxylation is 1. The zero-order valence-electron chi connectivity index (χ0n) is 12.4. The third-order valence-corrected chi connectivity index (χ3v) is 5.14. The van der Waals surface area contributed by atoms with E-state index in [1.165, 1.54) is 16.0 Å². The van der Waals surface area contributed by atoms with Crippen LogP contribution in [0.5, 0.6) is 5.75 Å². The largest absolute Gasteiger partial charge is 0.495 e. The first kappa shape index (κ1) is 15.3. The quantitative estimate of drug-likeness (QED) is 0.909. The number of carbonyl (C=O) groups excluding carboxylic acids is 1. The number of fused-ring (bicyclic) bond motifs is 1. The standard InChI is InChI=1S/C17H16ClNO2S/c1-10-3-4-11-8-16(22-15(11)7-10)17(20)19-13-9-12(18)5-6-14(13)21-2/h3-7,9,16H,8H2,1-2H3,(H,19,20)/t16-/m1/s1. The highest BCUT2D eigenvalue weighted by atomic mass is 35.5. The van der Waals surface area contributed by atoms with Gasteiger partial charge < -0.3 is 10.1 Å². The molecule has 0 radical (unpaired) electrons. The molecule has 0 spiro atoms. The average Bonchev–Trinajstić information content (AvgIpc) is 2.90. The Hall–Kier alpha value is -1.65. The topological polar surface area (TPSA) is 38.3 Å². The Bertz CT molecular complexity index is 733. The molecule has 0 aromatic heterocycles. The Morgan fingerprint density at radius 3 is 2.91 bits per heavy atom. The highest BCUT2D eigenvalue weighted by molar-refractivity contribution is 8.01. The molecule has 22 heavy (non-hydrogen) atoms. The van der Waals surface area contributed by atoms with Gasteiger partial charge in [0.2, 0.25) is 5.91 Å². The van der Waals surface area contributed by atoms with Crippen molar-refractivity contribution in [3.05, 3.63) is 52.5 Å². The fraction of sp³-hybridized carbons (Fsp3) is 0.235. The third kappa shape index (κ3) is 3.08. The van der Waals surface area contributed by atoms with Crippen molar-refractivity contribution in [1.29, 1.82) is 0 Å². The van der Waals surface area contributed by atoms with Gasteiger partial charge >= 0.3 is 0 Å². The van der Waals surface area contributed by atoms with Gasteiger partial charge in [0.25, 0.3) is 0 Å². The van der Waals surface area contributed by atoms with Crippen LogP contribution in [0.25, 0.3) is 0 Å². The zero-order valence-corrected chi connectivity index (χ0v) is 13.9. The summed E-state index contributed by atoms with van der Waals surface area (Å²) in [4.78, 5) is 13.7. The summed E-state index contributed by atoms with van der Waals surface area (Å²) in [6, 6.07) is 11.5. The van der Waals surface area contributed by atoms with Crippen LogP contribution in [0.2, 0.25) is 5.02 Å². The minimum absolute atomic E-state index is 0.0283. The minimum atomic E-state index is -0.125. The minimum Gasteiger partial charge on any atom is -0.495 e. The van der Waals surface area contributed by atoms with Gasteiger partial charge in [-0.25, -0.2) is 0 Å². The zero-order chi connectivity index (χ0) is 15.7. The van der Waals surface area contributed by atoms with Crippen LogP contribution in [0, 0.1) is 6.92 Å². The van der Waals surface area contributed by atoms with Crippen LogP contribution in [0.1, 0.15) is 11.1 Å². The lowest BCUT2D eigenvalue weighted by Gasteiger charge is -2.13. The second-order valence-electron chi connectivity index (χ2n) is 5.26. The molecule has 1 aliphatic rings. The number of benzene rings is 2. The first-order valence-electron chi connectivity index (χ1n) is 6.97. The number of rotatable bonds is 3. The van der Waals surface area contributed by atoms with Gasteiger partial charge in [-0.2, -0.15) is 0 Å². The van der Waals surface area contributed by atoms with E-state index in [0.29, 0.717) is 16.5 Å². The highest BCUT2D eigenvalue weighted by Gasteiger charge is 2.28. The number of ether oxygens (including phenoxy) is 1. The fourth-order valence-electron chi connectivity index (χ4n) is 2.47. The smallest absolute Gasteiger partial charge is 0.238 e. The Kier molecular flexibility index (Phi) is 4.32. The van der Waals surface area contributed by atoms with Crippen molar-refractivity contribution in [2.24, 2.45) is 0 Å². The molecule has 0 unspecified atom stereocenters. The number of thioether (sulfide) groups is 1. The first-order chi connectivity index (χ1) is 10.6. The summed E-state index contributed by atoms with van der Waals surface area (Å²) in [6.07, 6.45) is 0.745. The van der Waals surface area contributed by atoms with Gasteiger partial charge in [-0.15, -0.1) is 11.8 Å². The van der Waals surface area contributed by atoms with E-state index in [-0.39, 0.29) is 11.2 Å². The molecule has 2 aromatic rings. The molecule has 114 valence electrons. The summed E-state index contributed by atoms with van der Waals surface area (Å²) in [5, 5.41) is 3.36. The molecule has 1 aliphatic heterocycles. The second kappa shape index (κ2) is 6.23. The second-order valence-corrected chi connectivity index (χ2v) is 6.94. The van der Waals surface area contributed by atoms with Crippen molar-refractivity contribution >= 4 is 35.0 Å². The van der Waals surface area contributed by atoms with Crippen LogP contribution in [-0.4, -0.2) is 18.3 Å². The van der Waals surface area contributed by atoms with Crippen LogP contribution in [0.3, 0.4) is 0 Å². The van der Waals surface area contributed by atoms with Crippen molar-refractivity contribution in [3.63, 3.8) is 0 Å². The Morgan fingerprint density at radius 2 is 2.14 bits per heavy atom. The highest BCUT2D eigenvalue weighted by Crippen LogP contribution is 2.38. The maximum atomic E-state index is 12.5. The number of hydrogen-bond donors (Lipinski definition) is 1. The number of carbonyl (C=O) groups is 1. The summed E-state index contributed by atoms with van der Waals surface area (Å²) < 4.78 is 5.26. The Morgan fingerprint density at radius 1 is 1.32 bits per heavy atom. The Labute approximate surface area is 139 Å². The van der Waals surface area contributed by atoms with Crippen molar-refractivity contribution < 1.29 is 9.53 Å². The number of amides is 1. The van der Waals surface area contributed by atoms with Gasteiger partial charge in [0.15, 0.2) is 0 Å². The van der Waals surface area contributed by atoms with E-state index in [1.54, 1.807) is 37.1 Å². The molecule has 1 heterocycles. The van der Waals surface area contributed by atoms with E-state index in [1.807, 2.05) is 0 Å². The van der Waals surface area contributed by atoms with Crippen molar-refractivity contribution in [2.75, 3.05) is 12.4 Å². The fourth-order valence-corrected chi connectivity index (χ4v) is 3.94. The van der Waals surface area contributed by atoms with Crippen LogP contribution >= 0.6 is 23.4 Å². The maximum absolute atomic E-state index is 12.5. The predicted molar refractivity (Wildman–Crippen MR) is 91.2 cm³/mol. The van der Waals surface area contributed by atoms with Gasteiger partial charge in [-0.05, 0) is 43.2 Å². The maximum Gasteiger partial charge on any atom is 0.238 e. The molecule has 0 aliphatic carbocycles. The number of hydrogen-bond acceptors (Lipinski definition) is 3. The molecule has 1 amide bonds. The number of anilines is 1. The van der Waals surface area contributed by atoms with Crippen LogP contribution < -0.4 is 10.1 Å². The van der Waals surface area contributed by atoms with E-state index in [2.05, 4.69) is 30.4 Å². The molecule has 1 atom stereocenters. The molecule has 0 fully saturated rings. The van der Waals surface area contributed by atoms with Crippen LogP contribution in [0.15, 0.2) is 41.3 Å². The molecule has 3 nitrogen and oxygen atoms in total.